The minimum absolute atomic E-state index is 0.0340. The van der Waals surface area contributed by atoms with E-state index in [1.165, 1.54) is 23.1 Å². The second-order valence-electron chi connectivity index (χ2n) is 8.51. The van der Waals surface area contributed by atoms with Crippen LogP contribution in [-0.2, 0) is 9.59 Å². The molecule has 11 heteroatoms. The van der Waals surface area contributed by atoms with Gasteiger partial charge in [0.2, 0.25) is 11.2 Å². The van der Waals surface area contributed by atoms with Crippen LogP contribution in [0.1, 0.15) is 24.8 Å². The molecule has 3 heterocycles. The highest BCUT2D eigenvalue weighted by molar-refractivity contribution is 8.14. The summed E-state index contributed by atoms with van der Waals surface area (Å²) in [5, 5.41) is 9.23. The summed E-state index contributed by atoms with van der Waals surface area (Å²) >= 11 is 1.17. The third-order valence-electron chi connectivity index (χ3n) is 5.91. The molecular weight excluding hydrogens is 492 g/mol. The fraction of sp³-hybridized carbons (Fsp3) is 0.269. The number of carbonyl (C=O) groups is 2. The Kier molecular flexibility index (Phi) is 7.50. The molecule has 2 aliphatic heterocycles. The van der Waals surface area contributed by atoms with Crippen molar-refractivity contribution >= 4 is 46.4 Å². The van der Waals surface area contributed by atoms with Gasteiger partial charge < -0.3 is 4.74 Å². The van der Waals surface area contributed by atoms with Crippen molar-refractivity contribution in [1.82, 2.24) is 5.27 Å². The summed E-state index contributed by atoms with van der Waals surface area (Å²) in [4.78, 5) is 33.7. The lowest BCUT2D eigenvalue weighted by Gasteiger charge is -2.17. The van der Waals surface area contributed by atoms with Crippen LogP contribution in [0, 0.1) is 0 Å². The van der Waals surface area contributed by atoms with Gasteiger partial charge in [0.1, 0.15) is 11.4 Å². The summed E-state index contributed by atoms with van der Waals surface area (Å²) in [5.74, 6) is 0.421. The molecule has 0 radical (unpaired) electrons. The lowest BCUT2D eigenvalue weighted by molar-refractivity contribution is -0.759. The number of nitrogens with one attached hydrogen (secondary N) is 1. The van der Waals surface area contributed by atoms with Gasteiger partial charge in [-0.1, -0.05) is 42.1 Å². The van der Waals surface area contributed by atoms with Gasteiger partial charge in [0.15, 0.2) is 5.17 Å². The summed E-state index contributed by atoms with van der Waals surface area (Å²) < 4.78 is 10.6. The number of methoxy groups -OCH3 is 1. The molecule has 2 aromatic carbocycles. The van der Waals surface area contributed by atoms with E-state index in [2.05, 4.69) is 20.6 Å². The van der Waals surface area contributed by atoms with Gasteiger partial charge >= 0.3 is 5.88 Å². The zero-order valence-corrected chi connectivity index (χ0v) is 21.2. The molecule has 1 fully saturated rings. The molecular formula is C26H27N6O4S+. The van der Waals surface area contributed by atoms with E-state index < -0.39 is 0 Å². The van der Waals surface area contributed by atoms with Gasteiger partial charge in [-0.3, -0.25) is 24.3 Å². The fourth-order valence-corrected chi connectivity index (χ4v) is 4.91. The highest BCUT2D eigenvalue weighted by Gasteiger charge is 2.32. The second-order valence-corrected chi connectivity index (χ2v) is 9.46. The average molecular weight is 520 g/mol. The third-order valence-corrected chi connectivity index (χ3v) is 6.85. The molecule has 10 nitrogen and oxygen atoms in total. The Morgan fingerprint density at radius 3 is 2.76 bits per heavy atom. The van der Waals surface area contributed by atoms with Crippen LogP contribution in [0.2, 0.25) is 0 Å². The number of aliphatic imine (C=N–C) groups is 1. The summed E-state index contributed by atoms with van der Waals surface area (Å²) in [6.07, 6.45) is 6.78. The summed E-state index contributed by atoms with van der Waals surface area (Å²) in [6.45, 7) is 1.80. The Bertz CT molecular complexity index is 1330. The Hall–Kier alpha value is -4.12. The van der Waals surface area contributed by atoms with Crippen molar-refractivity contribution in [2.24, 2.45) is 4.99 Å². The highest BCUT2D eigenvalue weighted by Crippen LogP contribution is 2.29. The van der Waals surface area contributed by atoms with Gasteiger partial charge in [-0.25, -0.2) is 4.99 Å². The van der Waals surface area contributed by atoms with Crippen LogP contribution >= 0.6 is 11.8 Å². The second kappa shape index (κ2) is 11.3. The van der Waals surface area contributed by atoms with E-state index in [9.17, 15) is 9.59 Å². The van der Waals surface area contributed by atoms with E-state index in [1.807, 2.05) is 54.6 Å². The summed E-state index contributed by atoms with van der Waals surface area (Å²) in [5.41, 5.74) is 1.74. The number of piperidine rings is 1. The number of para-hydroxylation sites is 1. The van der Waals surface area contributed by atoms with Gasteiger partial charge in [0.05, 0.1) is 36.4 Å². The molecule has 0 aliphatic carbocycles. The van der Waals surface area contributed by atoms with E-state index in [0.717, 1.165) is 31.5 Å². The first-order valence-corrected chi connectivity index (χ1v) is 13.0. The molecule has 0 unspecified atom stereocenters. The maximum atomic E-state index is 13.3. The monoisotopic (exact) mass is 519 g/mol. The number of carbonyl (C=O) groups excluding carboxylic acids is 2. The zero-order valence-electron chi connectivity index (χ0n) is 20.4. The van der Waals surface area contributed by atoms with Crippen molar-refractivity contribution in [1.29, 1.82) is 0 Å². The number of aromatic nitrogens is 2. The molecule has 1 saturated heterocycles. The standard InChI is InChI=1S/C26H26N6O4S/c1-35-21-12-8-9-19(15-21)16-22-25(34)32(20-10-4-2-5-11-20)26(27-22)37-18-23(33)28-24-17-31(29-36-24)30-13-6-3-7-14-30/h2,4-5,8-12,15-17H,3,6-7,13-14,18H2,1H3/p+1/b22-16+. The maximum Gasteiger partial charge on any atom is 0.305 e. The van der Waals surface area contributed by atoms with Crippen molar-refractivity contribution in [2.45, 2.75) is 19.3 Å². The number of hydrogen-bond donors (Lipinski definition) is 1. The number of thioether (sulfide) groups is 1. The molecule has 0 saturated carbocycles. The van der Waals surface area contributed by atoms with Crippen LogP contribution in [0.15, 0.2) is 76.0 Å². The number of benzene rings is 2. The molecule has 0 spiro atoms. The Balaban J connectivity index is 1.30. The number of hydrogen-bond acceptors (Lipinski definition) is 8. The average Bonchev–Trinajstić information content (AvgIpc) is 3.52. The van der Waals surface area contributed by atoms with Gasteiger partial charge in [0, 0.05) is 0 Å². The van der Waals surface area contributed by atoms with Crippen LogP contribution in [0.5, 0.6) is 5.75 Å². The van der Waals surface area contributed by atoms with E-state index in [4.69, 9.17) is 9.26 Å². The van der Waals surface area contributed by atoms with Crippen LogP contribution in [-0.4, -0.2) is 48.2 Å². The Labute approximate surface area is 218 Å². The Morgan fingerprint density at radius 2 is 1.97 bits per heavy atom. The van der Waals surface area contributed by atoms with Crippen molar-refractivity contribution in [2.75, 3.05) is 41.2 Å². The molecule has 3 aromatic rings. The van der Waals surface area contributed by atoms with Gasteiger partial charge in [-0.2, -0.15) is 5.01 Å². The lowest BCUT2D eigenvalue weighted by Crippen LogP contribution is -2.60. The van der Waals surface area contributed by atoms with Crippen molar-refractivity contribution in [3.63, 3.8) is 0 Å². The number of amides is 2. The highest BCUT2D eigenvalue weighted by atomic mass is 32.2. The molecule has 2 amide bonds. The van der Waals surface area contributed by atoms with Crippen molar-refractivity contribution in [3.05, 3.63) is 72.1 Å². The summed E-state index contributed by atoms with van der Waals surface area (Å²) in [6, 6.07) is 16.6. The first kappa shape index (κ1) is 24.6. The Morgan fingerprint density at radius 1 is 1.16 bits per heavy atom. The van der Waals surface area contributed by atoms with Crippen molar-refractivity contribution < 1.29 is 23.6 Å². The third kappa shape index (κ3) is 5.83. The van der Waals surface area contributed by atoms with Crippen LogP contribution in [0.4, 0.5) is 11.6 Å². The van der Waals surface area contributed by atoms with E-state index in [-0.39, 0.29) is 29.1 Å². The number of anilines is 2. The number of ether oxygens (including phenoxy) is 1. The molecule has 190 valence electrons. The van der Waals surface area contributed by atoms with Crippen molar-refractivity contribution in [3.8, 4) is 5.75 Å². The maximum absolute atomic E-state index is 13.3. The SMILES string of the molecule is COc1cccc(/C=C2/N=C(SCC(=O)Nc3c[n+](N4CCCCC4)no3)N(c3ccccc3)C2=O)c1. The molecule has 2 aliphatic rings. The predicted molar refractivity (Wildman–Crippen MR) is 142 cm³/mol. The topological polar surface area (TPSA) is 104 Å². The molecule has 37 heavy (non-hydrogen) atoms. The molecule has 0 atom stereocenters. The first-order valence-electron chi connectivity index (χ1n) is 12.0. The first-order chi connectivity index (χ1) is 18.1. The fourth-order valence-electron chi connectivity index (χ4n) is 4.10. The van der Waals surface area contributed by atoms with Gasteiger partial charge in [-0.05, 0) is 55.2 Å². The number of nitrogens with zero attached hydrogens (tertiary/aromatic N) is 5. The van der Waals surface area contributed by atoms with Gasteiger partial charge in [0.25, 0.3) is 12.1 Å². The molecule has 0 bridgehead atoms. The van der Waals surface area contributed by atoms with Crippen LogP contribution in [0.3, 0.4) is 0 Å². The molecule has 1 aromatic heterocycles. The van der Waals surface area contributed by atoms with Crippen LogP contribution < -0.4 is 24.8 Å². The van der Waals surface area contributed by atoms with Crippen LogP contribution in [0.25, 0.3) is 6.08 Å². The molecule has 5 rings (SSSR count). The van der Waals surface area contributed by atoms with E-state index in [0.29, 0.717) is 16.6 Å². The number of amidine groups is 1. The van der Waals surface area contributed by atoms with Gasteiger partial charge in [-0.15, -0.1) is 0 Å². The predicted octanol–water partition coefficient (Wildman–Crippen LogP) is 3.21. The molecule has 1 N–H and O–H groups in total. The van der Waals surface area contributed by atoms with E-state index in [1.54, 1.807) is 24.2 Å². The quantitative estimate of drug-likeness (QED) is 0.378. The normalized spacial score (nSPS) is 16.7. The zero-order chi connectivity index (χ0) is 25.6. The largest absolute Gasteiger partial charge is 0.497 e. The smallest absolute Gasteiger partial charge is 0.305 e. The van der Waals surface area contributed by atoms with E-state index >= 15 is 0 Å². The minimum Gasteiger partial charge on any atom is -0.497 e. The summed E-state index contributed by atoms with van der Waals surface area (Å²) in [7, 11) is 1.59. The minimum atomic E-state index is -0.291. The lowest BCUT2D eigenvalue weighted by atomic mass is 10.2. The number of rotatable bonds is 7.